The van der Waals surface area contributed by atoms with Crippen LogP contribution in [0.25, 0.3) is 0 Å². The number of nitrogens with zero attached hydrogens (tertiary/aromatic N) is 2. The number of carbonyl (C=O) groups excluding carboxylic acids is 3. The minimum Gasteiger partial charge on any atom is -0.378 e. The molecule has 3 amide bonds. The zero-order valence-electron chi connectivity index (χ0n) is 23.7. The SMILES string of the molecule is C=C[C@@H]1N2C(=O)[C@@H](N/C=C/CCCCCCCC)[C@H]2SC1(C)C.C=C[C@@H]1N2C(=O)[C@@H](NC=O)[C@H]2SC1(C)C. The molecule has 6 atom stereocenters. The summed E-state index contributed by atoms with van der Waals surface area (Å²) in [6.07, 6.45) is 17.5. The largest absolute Gasteiger partial charge is 0.378 e. The van der Waals surface area contributed by atoms with Gasteiger partial charge in [-0.3, -0.25) is 14.4 Å². The van der Waals surface area contributed by atoms with Crippen LogP contribution in [0.1, 0.15) is 79.6 Å². The first-order valence-electron chi connectivity index (χ1n) is 13.9. The van der Waals surface area contributed by atoms with Gasteiger partial charge >= 0.3 is 0 Å². The highest BCUT2D eigenvalue weighted by molar-refractivity contribution is 8.02. The van der Waals surface area contributed by atoms with Gasteiger partial charge in [0.05, 0.1) is 12.1 Å². The summed E-state index contributed by atoms with van der Waals surface area (Å²) < 4.78 is 0.0299. The first-order chi connectivity index (χ1) is 18.1. The van der Waals surface area contributed by atoms with Gasteiger partial charge < -0.3 is 20.4 Å². The van der Waals surface area contributed by atoms with Crippen LogP contribution in [0.3, 0.4) is 0 Å². The molecule has 0 bridgehead atoms. The third kappa shape index (κ3) is 6.14. The van der Waals surface area contributed by atoms with Crippen molar-refractivity contribution in [2.24, 2.45) is 0 Å². The van der Waals surface area contributed by atoms with Gasteiger partial charge in [-0.2, -0.15) is 0 Å². The molecule has 4 fully saturated rings. The second-order valence-corrected chi connectivity index (χ2v) is 15.0. The molecule has 9 heteroatoms. The molecule has 7 nitrogen and oxygen atoms in total. The van der Waals surface area contributed by atoms with E-state index in [1.807, 2.05) is 35.0 Å². The van der Waals surface area contributed by atoms with Crippen LogP contribution in [0.5, 0.6) is 0 Å². The number of amides is 3. The number of fused-ring (bicyclic) bond motifs is 2. The molecule has 0 aromatic heterocycles. The number of allylic oxidation sites excluding steroid dienone is 1. The molecular formula is C29H46N4O3S2. The van der Waals surface area contributed by atoms with Crippen molar-refractivity contribution in [1.82, 2.24) is 20.4 Å². The third-order valence-electron chi connectivity index (χ3n) is 7.84. The quantitative estimate of drug-likeness (QED) is 0.145. The van der Waals surface area contributed by atoms with Crippen molar-refractivity contribution < 1.29 is 14.4 Å². The van der Waals surface area contributed by atoms with E-state index in [2.05, 4.69) is 64.5 Å². The van der Waals surface area contributed by atoms with Gasteiger partial charge in [0.15, 0.2) is 0 Å². The van der Waals surface area contributed by atoms with Crippen LogP contribution in [-0.2, 0) is 14.4 Å². The van der Waals surface area contributed by atoms with Gasteiger partial charge in [-0.1, -0.05) is 57.3 Å². The van der Waals surface area contributed by atoms with E-state index < -0.39 is 0 Å². The van der Waals surface area contributed by atoms with Gasteiger partial charge in [-0.25, -0.2) is 0 Å². The van der Waals surface area contributed by atoms with Crippen molar-refractivity contribution in [3.63, 3.8) is 0 Å². The maximum absolute atomic E-state index is 12.3. The zero-order chi connectivity index (χ0) is 28.1. The number of hydrogen-bond donors (Lipinski definition) is 2. The van der Waals surface area contributed by atoms with Crippen LogP contribution in [0.15, 0.2) is 37.6 Å². The molecule has 38 heavy (non-hydrogen) atoms. The van der Waals surface area contributed by atoms with Crippen LogP contribution in [-0.4, -0.2) is 72.4 Å². The van der Waals surface area contributed by atoms with E-state index in [1.54, 1.807) is 16.7 Å². The van der Waals surface area contributed by atoms with Crippen molar-refractivity contribution >= 4 is 41.7 Å². The Morgan fingerprint density at radius 1 is 0.816 bits per heavy atom. The van der Waals surface area contributed by atoms with Crippen LogP contribution in [0, 0.1) is 0 Å². The van der Waals surface area contributed by atoms with Crippen molar-refractivity contribution in [1.29, 1.82) is 0 Å². The summed E-state index contributed by atoms with van der Waals surface area (Å²) in [7, 11) is 0. The Bertz CT molecular complexity index is 921. The van der Waals surface area contributed by atoms with Crippen molar-refractivity contribution in [3.05, 3.63) is 37.6 Å². The van der Waals surface area contributed by atoms with E-state index in [0.29, 0.717) is 6.41 Å². The lowest BCUT2D eigenvalue weighted by Crippen LogP contribution is -2.68. The second kappa shape index (κ2) is 13.0. The Morgan fingerprint density at radius 3 is 1.76 bits per heavy atom. The van der Waals surface area contributed by atoms with Crippen molar-refractivity contribution in [2.45, 2.75) is 124 Å². The minimum absolute atomic E-state index is 0.00456. The second-order valence-electron chi connectivity index (χ2n) is 11.4. The molecule has 4 rings (SSSR count). The molecule has 2 N–H and O–H groups in total. The molecule has 0 aromatic rings. The third-order valence-corrected chi connectivity index (χ3v) is 11.0. The average Bonchev–Trinajstić information content (AvgIpc) is 3.27. The Kier molecular flexibility index (Phi) is 10.5. The van der Waals surface area contributed by atoms with Gasteiger partial charge in [-0.05, 0) is 46.7 Å². The normalized spacial score (nSPS) is 31.9. The standard InChI is InChI=1S/C19H32N2OS.C10H14N2O2S/c1-5-7-8-9-10-11-12-13-14-20-16-17(22)21-15(6-2)19(3,4)23-18(16)21;1-4-6-10(2,3)15-9-7(11-5-13)8(14)12(6)9/h6,13-16,18,20H,2,5,7-12H2,1,3-4H3;4-7,9H,1H2,2-3H3,(H,11,13)/b14-13+;/t15-,16+,18+;6-,7+,9+/m00/s1. The Morgan fingerprint density at radius 2 is 1.29 bits per heavy atom. The summed E-state index contributed by atoms with van der Waals surface area (Å²) in [5.74, 6) is 0.206. The predicted octanol–water partition coefficient (Wildman–Crippen LogP) is 4.81. The molecule has 0 saturated carbocycles. The summed E-state index contributed by atoms with van der Waals surface area (Å²) >= 11 is 3.59. The van der Waals surface area contributed by atoms with Crippen molar-refractivity contribution in [2.75, 3.05) is 0 Å². The van der Waals surface area contributed by atoms with Crippen LogP contribution in [0.4, 0.5) is 0 Å². The highest BCUT2D eigenvalue weighted by Gasteiger charge is 2.61. The fourth-order valence-electron chi connectivity index (χ4n) is 5.72. The summed E-state index contributed by atoms with van der Waals surface area (Å²) in [5.41, 5.74) is 0. The first kappa shape index (κ1) is 30.7. The molecule has 4 saturated heterocycles. The van der Waals surface area contributed by atoms with Gasteiger partial charge in [0.1, 0.15) is 22.8 Å². The van der Waals surface area contributed by atoms with Crippen LogP contribution in [0.2, 0.25) is 0 Å². The van der Waals surface area contributed by atoms with E-state index >= 15 is 0 Å². The number of nitrogens with one attached hydrogen (secondary N) is 2. The van der Waals surface area contributed by atoms with E-state index in [1.165, 1.54) is 38.5 Å². The van der Waals surface area contributed by atoms with E-state index in [4.69, 9.17) is 0 Å². The molecule has 4 aliphatic heterocycles. The lowest BCUT2D eigenvalue weighted by Gasteiger charge is -2.44. The Labute approximate surface area is 237 Å². The number of rotatable bonds is 13. The van der Waals surface area contributed by atoms with Crippen molar-refractivity contribution in [3.8, 4) is 0 Å². The fourth-order valence-corrected chi connectivity index (χ4v) is 9.02. The molecule has 0 aliphatic carbocycles. The first-order valence-corrected chi connectivity index (χ1v) is 15.7. The fraction of sp³-hybridized carbons (Fsp3) is 0.690. The zero-order valence-corrected chi connectivity index (χ0v) is 25.3. The van der Waals surface area contributed by atoms with E-state index in [0.717, 1.165) is 6.42 Å². The summed E-state index contributed by atoms with van der Waals surface area (Å²) in [5, 5.41) is 6.19. The number of carbonyl (C=O) groups is 3. The van der Waals surface area contributed by atoms with Crippen LogP contribution >= 0.6 is 23.5 Å². The van der Waals surface area contributed by atoms with Gasteiger partial charge in [-0.15, -0.1) is 36.7 Å². The van der Waals surface area contributed by atoms with E-state index in [-0.39, 0.29) is 56.2 Å². The molecule has 0 aromatic carbocycles. The smallest absolute Gasteiger partial charge is 0.249 e. The predicted molar refractivity (Wildman–Crippen MR) is 160 cm³/mol. The molecular weight excluding hydrogens is 516 g/mol. The molecule has 212 valence electrons. The number of hydrogen-bond acceptors (Lipinski definition) is 6. The lowest BCUT2D eigenvalue weighted by molar-refractivity contribution is -0.148. The highest BCUT2D eigenvalue weighted by atomic mass is 32.2. The lowest BCUT2D eigenvalue weighted by atomic mass is 9.96. The number of thioether (sulfide) groups is 2. The monoisotopic (exact) mass is 562 g/mol. The summed E-state index contributed by atoms with van der Waals surface area (Å²) in [6.45, 7) is 18.5. The number of unbranched alkanes of at least 4 members (excludes halogenated alkanes) is 6. The maximum Gasteiger partial charge on any atom is 0.249 e. The molecule has 0 radical (unpaired) electrons. The average molecular weight is 563 g/mol. The van der Waals surface area contributed by atoms with Gasteiger partial charge in [0.2, 0.25) is 18.2 Å². The van der Waals surface area contributed by atoms with Crippen LogP contribution < -0.4 is 10.6 Å². The summed E-state index contributed by atoms with van der Waals surface area (Å²) in [6, 6.07) is -0.207. The maximum atomic E-state index is 12.3. The topological polar surface area (TPSA) is 81.8 Å². The van der Waals surface area contributed by atoms with E-state index in [9.17, 15) is 14.4 Å². The molecule has 0 spiro atoms. The number of β-lactam (4-membered cyclic amide) rings is 2. The molecule has 4 heterocycles. The van der Waals surface area contributed by atoms with Gasteiger partial charge in [0, 0.05) is 9.49 Å². The minimum atomic E-state index is -0.350. The highest BCUT2D eigenvalue weighted by Crippen LogP contribution is 2.51. The molecule has 0 unspecified atom stereocenters. The molecule has 4 aliphatic rings. The Balaban J connectivity index is 0.000000230. The Hall–Kier alpha value is -1.87. The van der Waals surface area contributed by atoms with Gasteiger partial charge in [0.25, 0.3) is 0 Å². The summed E-state index contributed by atoms with van der Waals surface area (Å²) in [4.78, 5) is 38.2.